The van der Waals surface area contributed by atoms with Gasteiger partial charge in [0.1, 0.15) is 4.64 Å². The van der Waals surface area contributed by atoms with Crippen LogP contribution in [0.25, 0.3) is 10.9 Å². The minimum absolute atomic E-state index is 0.286. The highest BCUT2D eigenvalue weighted by molar-refractivity contribution is 7.71. The van der Waals surface area contributed by atoms with Crippen LogP contribution >= 0.6 is 12.2 Å². The quantitative estimate of drug-likeness (QED) is 0.703. The summed E-state index contributed by atoms with van der Waals surface area (Å²) in [6.07, 6.45) is 0. The third-order valence-corrected chi connectivity index (χ3v) is 2.23. The van der Waals surface area contributed by atoms with Gasteiger partial charge in [0.2, 0.25) is 0 Å². The number of carboxylic acids is 1. The molecular weight excluding hydrogens is 198 g/mol. The molecule has 0 unspecified atom stereocenters. The summed E-state index contributed by atoms with van der Waals surface area (Å²) < 4.78 is 0.597. The number of rotatable bonds is 1. The van der Waals surface area contributed by atoms with Crippen LogP contribution in [0.3, 0.4) is 0 Å². The SMILES string of the molecule is O=C(O)c1cccc2[nH]c(=S)ccc12. The number of H-pyrrole nitrogens is 1. The highest BCUT2D eigenvalue weighted by Gasteiger charge is 2.06. The molecule has 2 N–H and O–H groups in total. The van der Waals surface area contributed by atoms with E-state index >= 15 is 0 Å². The van der Waals surface area contributed by atoms with E-state index in [0.29, 0.717) is 10.0 Å². The second-order valence-electron chi connectivity index (χ2n) is 2.89. The van der Waals surface area contributed by atoms with Gasteiger partial charge in [-0.3, -0.25) is 0 Å². The highest BCUT2D eigenvalue weighted by Crippen LogP contribution is 2.16. The fourth-order valence-corrected chi connectivity index (χ4v) is 1.55. The molecule has 1 aromatic carbocycles. The Balaban J connectivity index is 2.88. The molecule has 0 aliphatic carbocycles. The van der Waals surface area contributed by atoms with Gasteiger partial charge in [-0.25, -0.2) is 4.79 Å². The number of hydrogen-bond donors (Lipinski definition) is 2. The monoisotopic (exact) mass is 205 g/mol. The summed E-state index contributed by atoms with van der Waals surface area (Å²) >= 11 is 4.95. The molecule has 0 radical (unpaired) electrons. The van der Waals surface area contributed by atoms with Gasteiger partial charge in [0.25, 0.3) is 0 Å². The number of aromatic amines is 1. The Morgan fingerprint density at radius 3 is 2.79 bits per heavy atom. The zero-order valence-electron chi connectivity index (χ0n) is 7.15. The van der Waals surface area contributed by atoms with E-state index in [4.69, 9.17) is 17.3 Å². The zero-order valence-corrected chi connectivity index (χ0v) is 7.97. The number of aromatic nitrogens is 1. The number of fused-ring (bicyclic) bond motifs is 1. The summed E-state index contributed by atoms with van der Waals surface area (Å²) in [6, 6.07) is 8.47. The Kier molecular flexibility index (Phi) is 2.05. The molecule has 70 valence electrons. The Hall–Kier alpha value is -1.68. The van der Waals surface area contributed by atoms with Crippen molar-refractivity contribution in [3.05, 3.63) is 40.5 Å². The largest absolute Gasteiger partial charge is 0.478 e. The van der Waals surface area contributed by atoms with Crippen molar-refractivity contribution in [2.45, 2.75) is 0 Å². The van der Waals surface area contributed by atoms with Crippen LogP contribution in [-0.4, -0.2) is 16.1 Å². The van der Waals surface area contributed by atoms with Crippen molar-refractivity contribution in [2.24, 2.45) is 0 Å². The van der Waals surface area contributed by atoms with E-state index in [9.17, 15) is 4.79 Å². The number of carboxylic acid groups (broad SMARTS) is 1. The third-order valence-electron chi connectivity index (χ3n) is 2.00. The van der Waals surface area contributed by atoms with Crippen molar-refractivity contribution in [3.63, 3.8) is 0 Å². The molecule has 0 saturated heterocycles. The van der Waals surface area contributed by atoms with Crippen LogP contribution in [0.5, 0.6) is 0 Å². The third kappa shape index (κ3) is 1.40. The Morgan fingerprint density at radius 2 is 2.07 bits per heavy atom. The molecule has 2 rings (SSSR count). The normalized spacial score (nSPS) is 10.3. The molecule has 1 aromatic heterocycles. The van der Waals surface area contributed by atoms with Crippen LogP contribution in [0.1, 0.15) is 10.4 Å². The summed E-state index contributed by atoms with van der Waals surface area (Å²) in [4.78, 5) is 13.8. The number of carbonyl (C=O) groups is 1. The second kappa shape index (κ2) is 3.23. The molecule has 0 spiro atoms. The first-order valence-corrected chi connectivity index (χ1v) is 4.44. The van der Waals surface area contributed by atoms with Crippen molar-refractivity contribution in [3.8, 4) is 0 Å². The van der Waals surface area contributed by atoms with E-state index < -0.39 is 5.97 Å². The van der Waals surface area contributed by atoms with Gasteiger partial charge in [0, 0.05) is 10.9 Å². The highest BCUT2D eigenvalue weighted by atomic mass is 32.1. The second-order valence-corrected chi connectivity index (χ2v) is 3.33. The van der Waals surface area contributed by atoms with Gasteiger partial charge >= 0.3 is 5.97 Å². The molecule has 3 nitrogen and oxygen atoms in total. The van der Waals surface area contributed by atoms with Crippen molar-refractivity contribution in [1.82, 2.24) is 4.98 Å². The van der Waals surface area contributed by atoms with Crippen LogP contribution in [0.15, 0.2) is 30.3 Å². The first-order valence-electron chi connectivity index (χ1n) is 4.04. The number of hydrogen-bond acceptors (Lipinski definition) is 2. The fourth-order valence-electron chi connectivity index (χ4n) is 1.37. The molecule has 0 aliphatic rings. The van der Waals surface area contributed by atoms with Gasteiger partial charge in [-0.15, -0.1) is 0 Å². The molecule has 0 atom stereocenters. The minimum atomic E-state index is -0.930. The molecule has 14 heavy (non-hydrogen) atoms. The van der Waals surface area contributed by atoms with Crippen LogP contribution in [0.2, 0.25) is 0 Å². The lowest BCUT2D eigenvalue weighted by molar-refractivity contribution is 0.0699. The molecule has 0 bridgehead atoms. The number of nitrogens with one attached hydrogen (secondary N) is 1. The molecule has 0 saturated carbocycles. The van der Waals surface area contributed by atoms with E-state index in [1.807, 2.05) is 0 Å². The minimum Gasteiger partial charge on any atom is -0.478 e. The number of aromatic carboxylic acids is 1. The lowest BCUT2D eigenvalue weighted by Gasteiger charge is -2.01. The van der Waals surface area contributed by atoms with Crippen LogP contribution in [0.4, 0.5) is 0 Å². The summed E-state index contributed by atoms with van der Waals surface area (Å²) in [5, 5.41) is 9.59. The average Bonchev–Trinajstić information content (AvgIpc) is 2.16. The smallest absolute Gasteiger partial charge is 0.336 e. The van der Waals surface area contributed by atoms with E-state index in [1.54, 1.807) is 30.3 Å². The van der Waals surface area contributed by atoms with Crippen LogP contribution in [-0.2, 0) is 0 Å². The number of benzene rings is 1. The summed E-state index contributed by atoms with van der Waals surface area (Å²) in [7, 11) is 0. The van der Waals surface area contributed by atoms with E-state index in [1.165, 1.54) is 0 Å². The molecule has 1 heterocycles. The number of pyridine rings is 1. The van der Waals surface area contributed by atoms with Gasteiger partial charge in [-0.2, -0.15) is 0 Å². The Morgan fingerprint density at radius 1 is 1.29 bits per heavy atom. The first kappa shape index (κ1) is 8.90. The standard InChI is InChI=1S/C10H7NO2S/c12-10(13)7-2-1-3-8-6(7)4-5-9(14)11-8/h1-5H,(H,11,14)(H,12,13). The van der Waals surface area contributed by atoms with Crippen LogP contribution < -0.4 is 0 Å². The van der Waals surface area contributed by atoms with Gasteiger partial charge in [-0.05, 0) is 24.3 Å². The maximum atomic E-state index is 10.9. The average molecular weight is 205 g/mol. The van der Waals surface area contributed by atoms with E-state index in [2.05, 4.69) is 4.98 Å². The maximum absolute atomic E-state index is 10.9. The van der Waals surface area contributed by atoms with E-state index in [0.717, 1.165) is 5.52 Å². The van der Waals surface area contributed by atoms with E-state index in [-0.39, 0.29) is 5.56 Å². The predicted molar refractivity (Wildman–Crippen MR) is 56.1 cm³/mol. The summed E-state index contributed by atoms with van der Waals surface area (Å²) in [6.45, 7) is 0. The van der Waals surface area contributed by atoms with Gasteiger partial charge in [0.05, 0.1) is 5.56 Å². The molecule has 4 heteroatoms. The van der Waals surface area contributed by atoms with Crippen molar-refractivity contribution >= 4 is 29.1 Å². The lowest BCUT2D eigenvalue weighted by Crippen LogP contribution is -1.97. The fraction of sp³-hybridized carbons (Fsp3) is 0. The van der Waals surface area contributed by atoms with Crippen molar-refractivity contribution in [2.75, 3.05) is 0 Å². The predicted octanol–water partition coefficient (Wildman–Crippen LogP) is 2.60. The van der Waals surface area contributed by atoms with Crippen LogP contribution in [0, 0.1) is 4.64 Å². The van der Waals surface area contributed by atoms with Gasteiger partial charge in [0.15, 0.2) is 0 Å². The molecular formula is C10H7NO2S. The van der Waals surface area contributed by atoms with Gasteiger partial charge < -0.3 is 10.1 Å². The molecule has 2 aromatic rings. The Labute approximate surface area is 85.0 Å². The van der Waals surface area contributed by atoms with Crippen molar-refractivity contribution in [1.29, 1.82) is 0 Å². The molecule has 0 aliphatic heterocycles. The topological polar surface area (TPSA) is 53.1 Å². The lowest BCUT2D eigenvalue weighted by atomic mass is 10.1. The maximum Gasteiger partial charge on any atom is 0.336 e. The molecule has 0 amide bonds. The Bertz CT molecular complexity index is 559. The summed E-state index contributed by atoms with van der Waals surface area (Å²) in [5.41, 5.74) is 1.03. The van der Waals surface area contributed by atoms with Gasteiger partial charge in [-0.1, -0.05) is 18.3 Å². The zero-order chi connectivity index (χ0) is 10.1. The molecule has 0 fully saturated rings. The summed E-state index contributed by atoms with van der Waals surface area (Å²) in [5.74, 6) is -0.930. The van der Waals surface area contributed by atoms with Crippen molar-refractivity contribution < 1.29 is 9.90 Å². The first-order chi connectivity index (χ1) is 6.68.